The Morgan fingerprint density at radius 1 is 1.29 bits per heavy atom. The maximum atomic E-state index is 13.2. The highest BCUT2D eigenvalue weighted by molar-refractivity contribution is 6.00. The summed E-state index contributed by atoms with van der Waals surface area (Å²) < 4.78 is 44.4. The predicted octanol–water partition coefficient (Wildman–Crippen LogP) is 3.14. The first-order chi connectivity index (χ1) is 14.4. The van der Waals surface area contributed by atoms with Gasteiger partial charge in [-0.2, -0.15) is 18.3 Å². The summed E-state index contributed by atoms with van der Waals surface area (Å²) >= 11 is 0. The first-order valence-corrected chi connectivity index (χ1v) is 9.06. The molecule has 4 N–H and O–H groups in total. The smallest absolute Gasteiger partial charge is 0.365 e. The Hall–Kier alpha value is -3.70. The number of primary amides is 1. The minimum atomic E-state index is -4.56. The molecule has 31 heavy (non-hydrogen) atoms. The highest BCUT2D eigenvalue weighted by atomic mass is 19.4. The van der Waals surface area contributed by atoms with E-state index in [-0.39, 0.29) is 22.8 Å². The third-order valence-electron chi connectivity index (χ3n) is 4.93. The molecular formula is C19H19F3N6O3. The number of nitrogens with two attached hydrogens (primary N) is 1. The number of anilines is 1. The van der Waals surface area contributed by atoms with Crippen LogP contribution in [-0.4, -0.2) is 38.3 Å². The van der Waals surface area contributed by atoms with Crippen LogP contribution < -0.4 is 11.1 Å². The number of H-pyrrole nitrogens is 1. The number of hydrogen-bond donors (Lipinski definition) is 3. The molecule has 3 heterocycles. The van der Waals surface area contributed by atoms with E-state index in [0.717, 1.165) is 19.9 Å². The van der Waals surface area contributed by atoms with Crippen LogP contribution in [0, 0.1) is 0 Å². The molecule has 3 rings (SSSR count). The van der Waals surface area contributed by atoms with Crippen molar-refractivity contribution in [2.24, 2.45) is 5.73 Å². The van der Waals surface area contributed by atoms with Gasteiger partial charge in [-0.15, -0.1) is 0 Å². The lowest BCUT2D eigenvalue weighted by molar-refractivity contribution is -0.185. The molecule has 1 atom stereocenters. The average Bonchev–Trinajstić information content (AvgIpc) is 3.36. The Balaban J connectivity index is 1.86. The van der Waals surface area contributed by atoms with Gasteiger partial charge in [0.2, 0.25) is 5.91 Å². The minimum absolute atomic E-state index is 0.100. The van der Waals surface area contributed by atoms with Crippen molar-refractivity contribution in [1.29, 1.82) is 0 Å². The lowest BCUT2D eigenvalue weighted by Gasteiger charge is -2.24. The minimum Gasteiger partial charge on any atom is -0.365 e. The highest BCUT2D eigenvalue weighted by Gasteiger charge is 2.51. The number of amides is 2. The quantitative estimate of drug-likeness (QED) is 0.542. The van der Waals surface area contributed by atoms with E-state index in [9.17, 15) is 22.8 Å². The lowest BCUT2D eigenvalue weighted by Crippen LogP contribution is -2.35. The van der Waals surface area contributed by atoms with Crippen LogP contribution in [0.3, 0.4) is 0 Å². The fourth-order valence-electron chi connectivity index (χ4n) is 2.77. The van der Waals surface area contributed by atoms with Crippen molar-refractivity contribution >= 4 is 17.6 Å². The van der Waals surface area contributed by atoms with Crippen molar-refractivity contribution in [2.45, 2.75) is 38.3 Å². The molecule has 0 spiro atoms. The molecule has 3 aromatic heterocycles. The number of carbonyl (C=O) groups excluding carboxylic acids is 2. The summed E-state index contributed by atoms with van der Waals surface area (Å²) in [7, 11) is 0. The molecular weight excluding hydrogens is 417 g/mol. The summed E-state index contributed by atoms with van der Waals surface area (Å²) in [6, 6.07) is 4.25. The van der Waals surface area contributed by atoms with Crippen molar-refractivity contribution in [1.82, 2.24) is 20.3 Å². The summed E-state index contributed by atoms with van der Waals surface area (Å²) in [5.74, 6) is -2.70. The number of halogens is 3. The number of carbonyl (C=O) groups is 2. The second-order valence-electron chi connectivity index (χ2n) is 7.37. The van der Waals surface area contributed by atoms with Gasteiger partial charge in [0.05, 0.1) is 29.1 Å². The van der Waals surface area contributed by atoms with E-state index in [2.05, 4.69) is 25.7 Å². The molecule has 164 valence electrons. The van der Waals surface area contributed by atoms with Gasteiger partial charge in [0.1, 0.15) is 5.41 Å². The van der Waals surface area contributed by atoms with Crippen LogP contribution in [0.15, 0.2) is 35.1 Å². The van der Waals surface area contributed by atoms with Gasteiger partial charge in [0.15, 0.2) is 11.6 Å². The number of hydrogen-bond acceptors (Lipinski definition) is 6. The number of nitrogens with one attached hydrogen (secondary N) is 2. The highest BCUT2D eigenvalue weighted by Crippen LogP contribution is 2.41. The molecule has 3 aromatic rings. The monoisotopic (exact) mass is 436 g/mol. The van der Waals surface area contributed by atoms with Gasteiger partial charge in [-0.1, -0.05) is 11.2 Å². The Kier molecular flexibility index (Phi) is 5.57. The zero-order chi connectivity index (χ0) is 23.0. The number of nitrogens with zero attached hydrogens (tertiary/aromatic N) is 3. The van der Waals surface area contributed by atoms with Crippen LogP contribution in [0.5, 0.6) is 0 Å². The van der Waals surface area contributed by atoms with Crippen molar-refractivity contribution in [3.8, 4) is 11.4 Å². The Morgan fingerprint density at radius 2 is 2.00 bits per heavy atom. The Labute approximate surface area is 174 Å². The van der Waals surface area contributed by atoms with Crippen LogP contribution in [0.1, 0.15) is 48.4 Å². The second-order valence-corrected chi connectivity index (χ2v) is 7.37. The third kappa shape index (κ3) is 4.13. The van der Waals surface area contributed by atoms with Crippen molar-refractivity contribution < 1.29 is 27.3 Å². The van der Waals surface area contributed by atoms with Crippen molar-refractivity contribution in [2.75, 3.05) is 5.32 Å². The number of pyridine rings is 1. The predicted molar refractivity (Wildman–Crippen MR) is 103 cm³/mol. The first kappa shape index (κ1) is 22.0. The molecule has 0 aliphatic carbocycles. The van der Waals surface area contributed by atoms with E-state index >= 15 is 0 Å². The molecule has 1 unspecified atom stereocenters. The molecule has 0 saturated carbocycles. The SMILES string of the molecule is CC(C(=O)Nc1cc(C(C)(C)C(F)(F)F)on1)c1cccnc1-c1[nH]ncc1C(N)=O. The average molecular weight is 436 g/mol. The van der Waals surface area contributed by atoms with Crippen molar-refractivity contribution in [3.05, 3.63) is 47.5 Å². The lowest BCUT2D eigenvalue weighted by atomic mass is 9.89. The first-order valence-electron chi connectivity index (χ1n) is 9.06. The van der Waals surface area contributed by atoms with Gasteiger partial charge in [0.25, 0.3) is 5.91 Å². The van der Waals surface area contributed by atoms with E-state index in [1.165, 1.54) is 12.4 Å². The molecule has 0 aromatic carbocycles. The second kappa shape index (κ2) is 7.85. The number of rotatable bonds is 6. The molecule has 12 heteroatoms. The van der Waals surface area contributed by atoms with Crippen LogP contribution in [0.4, 0.5) is 19.0 Å². The van der Waals surface area contributed by atoms with Gasteiger partial charge in [-0.05, 0) is 32.4 Å². The third-order valence-corrected chi connectivity index (χ3v) is 4.93. The van der Waals surface area contributed by atoms with Crippen LogP contribution in [0.2, 0.25) is 0 Å². The van der Waals surface area contributed by atoms with Crippen LogP contribution in [-0.2, 0) is 10.2 Å². The maximum Gasteiger partial charge on any atom is 0.401 e. The molecule has 0 saturated heterocycles. The van der Waals surface area contributed by atoms with Gasteiger partial charge in [-0.25, -0.2) is 0 Å². The molecule has 2 amide bonds. The molecule has 0 radical (unpaired) electrons. The summed E-state index contributed by atoms with van der Waals surface area (Å²) in [5, 5.41) is 12.4. The topological polar surface area (TPSA) is 140 Å². The summed E-state index contributed by atoms with van der Waals surface area (Å²) in [5.41, 5.74) is 4.14. The van der Waals surface area contributed by atoms with Crippen LogP contribution >= 0.6 is 0 Å². The van der Waals surface area contributed by atoms with Crippen molar-refractivity contribution in [3.63, 3.8) is 0 Å². The zero-order valence-electron chi connectivity index (χ0n) is 16.7. The van der Waals surface area contributed by atoms with E-state index in [1.54, 1.807) is 19.1 Å². The molecule has 0 aliphatic heterocycles. The largest absolute Gasteiger partial charge is 0.401 e. The van der Waals surface area contributed by atoms with E-state index < -0.39 is 35.1 Å². The fraction of sp³-hybridized carbons (Fsp3) is 0.316. The standard InChI is InChI=1S/C19H19F3N6O3/c1-9(10-5-4-6-24-14(10)15-11(16(23)29)8-25-27-15)17(30)26-13-7-12(31-28-13)18(2,3)19(20,21)22/h4-9H,1-3H3,(H2,23,29)(H,25,27)(H,26,28,30). The maximum absolute atomic E-state index is 13.2. The van der Waals surface area contributed by atoms with E-state index in [4.69, 9.17) is 10.3 Å². The number of aromatic nitrogens is 4. The fourth-order valence-corrected chi connectivity index (χ4v) is 2.77. The summed E-state index contributed by atoms with van der Waals surface area (Å²) in [4.78, 5) is 28.6. The van der Waals surface area contributed by atoms with Gasteiger partial charge in [-0.3, -0.25) is 19.7 Å². The van der Waals surface area contributed by atoms with Gasteiger partial charge >= 0.3 is 6.18 Å². The number of aromatic amines is 1. The Bertz CT molecular complexity index is 1120. The molecule has 0 bridgehead atoms. The van der Waals surface area contributed by atoms with Crippen LogP contribution in [0.25, 0.3) is 11.4 Å². The van der Waals surface area contributed by atoms with E-state index in [1.807, 2.05) is 0 Å². The summed E-state index contributed by atoms with van der Waals surface area (Å²) in [6.45, 7) is 3.46. The molecule has 0 fully saturated rings. The summed E-state index contributed by atoms with van der Waals surface area (Å²) in [6.07, 6.45) is -1.84. The van der Waals surface area contributed by atoms with E-state index in [0.29, 0.717) is 5.56 Å². The number of alkyl halides is 3. The molecule has 9 nitrogen and oxygen atoms in total. The van der Waals surface area contributed by atoms with Gasteiger partial charge in [0, 0.05) is 12.3 Å². The zero-order valence-corrected chi connectivity index (χ0v) is 16.7. The Morgan fingerprint density at radius 3 is 2.65 bits per heavy atom. The molecule has 0 aliphatic rings. The van der Waals surface area contributed by atoms with Gasteiger partial charge < -0.3 is 15.6 Å². The normalized spacial score (nSPS) is 13.1.